The Balaban J connectivity index is 1.84. The van der Waals surface area contributed by atoms with Crippen molar-refractivity contribution in [3.05, 3.63) is 74.1 Å². The van der Waals surface area contributed by atoms with Gasteiger partial charge in [0.1, 0.15) is 23.7 Å². The van der Waals surface area contributed by atoms with E-state index < -0.39 is 4.92 Å². The first kappa shape index (κ1) is 21.1. The summed E-state index contributed by atoms with van der Waals surface area (Å²) in [6.45, 7) is 2.38. The standard InChI is InChI=1S/C23H19N3O6/c1-30-18-3-5-22-20(12-18)23(27)16(14-32-22)10-15(13-24)19-11-17(2-4-21(19)26(28)29)25-6-8-31-9-7-25/h2-5,10-12,14H,6-9H2,1H3/b15-10+. The number of benzene rings is 2. The Labute approximate surface area is 182 Å². The number of nitriles is 1. The molecule has 0 amide bonds. The second kappa shape index (κ2) is 8.91. The van der Waals surface area contributed by atoms with Gasteiger partial charge in [0.25, 0.3) is 5.69 Å². The summed E-state index contributed by atoms with van der Waals surface area (Å²) in [5.74, 6) is 0.486. The van der Waals surface area contributed by atoms with Crippen LogP contribution in [0.2, 0.25) is 0 Å². The lowest BCUT2D eigenvalue weighted by Gasteiger charge is -2.29. The van der Waals surface area contributed by atoms with Gasteiger partial charge in [0.15, 0.2) is 5.43 Å². The molecule has 9 nitrogen and oxygen atoms in total. The number of fused-ring (bicyclic) bond motifs is 1. The Kier molecular flexibility index (Phi) is 5.87. The monoisotopic (exact) mass is 433 g/mol. The van der Waals surface area contributed by atoms with Crippen molar-refractivity contribution in [2.75, 3.05) is 38.3 Å². The summed E-state index contributed by atoms with van der Waals surface area (Å²) in [7, 11) is 1.49. The number of hydrogen-bond acceptors (Lipinski definition) is 8. The maximum atomic E-state index is 13.0. The third-order valence-corrected chi connectivity index (χ3v) is 5.27. The molecule has 1 aliphatic heterocycles. The minimum absolute atomic E-state index is 0.0126. The average Bonchev–Trinajstić information content (AvgIpc) is 2.83. The molecule has 0 atom stereocenters. The van der Waals surface area contributed by atoms with E-state index in [2.05, 4.69) is 0 Å². The molecule has 1 saturated heterocycles. The van der Waals surface area contributed by atoms with Crippen LogP contribution in [0.5, 0.6) is 5.75 Å². The maximum Gasteiger partial charge on any atom is 0.278 e. The molecule has 2 heterocycles. The molecule has 32 heavy (non-hydrogen) atoms. The highest BCUT2D eigenvalue weighted by Gasteiger charge is 2.21. The van der Waals surface area contributed by atoms with Gasteiger partial charge >= 0.3 is 0 Å². The predicted molar refractivity (Wildman–Crippen MR) is 119 cm³/mol. The number of methoxy groups -OCH3 is 1. The lowest BCUT2D eigenvalue weighted by atomic mass is 10.0. The van der Waals surface area contributed by atoms with E-state index in [1.807, 2.05) is 11.0 Å². The number of nitro benzene ring substituents is 1. The van der Waals surface area contributed by atoms with Crippen LogP contribution in [0.25, 0.3) is 22.6 Å². The minimum atomic E-state index is -0.544. The van der Waals surface area contributed by atoms with Crippen LogP contribution in [-0.4, -0.2) is 38.3 Å². The van der Waals surface area contributed by atoms with Crippen LogP contribution in [0.1, 0.15) is 11.1 Å². The molecule has 2 aromatic carbocycles. The fourth-order valence-electron chi connectivity index (χ4n) is 3.59. The Bertz CT molecular complexity index is 1320. The van der Waals surface area contributed by atoms with Crippen molar-refractivity contribution in [2.45, 2.75) is 0 Å². The fraction of sp³-hybridized carbons (Fsp3) is 0.217. The lowest BCUT2D eigenvalue weighted by Crippen LogP contribution is -2.36. The van der Waals surface area contributed by atoms with Crippen LogP contribution in [0.4, 0.5) is 11.4 Å². The molecule has 0 N–H and O–H groups in total. The normalized spacial score (nSPS) is 14.2. The number of nitro groups is 1. The van der Waals surface area contributed by atoms with E-state index in [1.165, 1.54) is 25.5 Å². The molecule has 0 bridgehead atoms. The largest absolute Gasteiger partial charge is 0.497 e. The first-order valence-electron chi connectivity index (χ1n) is 9.84. The van der Waals surface area contributed by atoms with Crippen LogP contribution in [0.3, 0.4) is 0 Å². The van der Waals surface area contributed by atoms with Gasteiger partial charge in [0.05, 0.1) is 47.3 Å². The topological polar surface area (TPSA) is 119 Å². The van der Waals surface area contributed by atoms with Gasteiger partial charge in [-0.3, -0.25) is 14.9 Å². The molecule has 1 aromatic heterocycles. The quantitative estimate of drug-likeness (QED) is 0.340. The number of allylic oxidation sites excluding steroid dienone is 1. The van der Waals surface area contributed by atoms with Gasteiger partial charge in [-0.05, 0) is 36.4 Å². The smallest absolute Gasteiger partial charge is 0.278 e. The molecule has 1 aliphatic rings. The zero-order valence-corrected chi connectivity index (χ0v) is 17.2. The van der Waals surface area contributed by atoms with Crippen molar-refractivity contribution < 1.29 is 18.8 Å². The number of rotatable bonds is 5. The summed E-state index contributed by atoms with van der Waals surface area (Å²) in [5.41, 5.74) is 0.741. The van der Waals surface area contributed by atoms with Crippen LogP contribution in [0, 0.1) is 21.4 Å². The highest BCUT2D eigenvalue weighted by atomic mass is 16.6. The van der Waals surface area contributed by atoms with Gasteiger partial charge < -0.3 is 18.8 Å². The van der Waals surface area contributed by atoms with Crippen molar-refractivity contribution in [1.82, 2.24) is 0 Å². The van der Waals surface area contributed by atoms with Gasteiger partial charge in [0, 0.05) is 24.8 Å². The van der Waals surface area contributed by atoms with Gasteiger partial charge in [-0.1, -0.05) is 0 Å². The van der Waals surface area contributed by atoms with E-state index in [0.29, 0.717) is 37.6 Å². The summed E-state index contributed by atoms with van der Waals surface area (Å²) >= 11 is 0. The first-order chi connectivity index (χ1) is 15.5. The van der Waals surface area contributed by atoms with Gasteiger partial charge in [-0.15, -0.1) is 0 Å². The Morgan fingerprint density at radius 1 is 1.25 bits per heavy atom. The van der Waals surface area contributed by atoms with Crippen molar-refractivity contribution in [2.24, 2.45) is 0 Å². The SMILES string of the molecule is COc1ccc2occ(/C=C(\C#N)c3cc(N4CCOCC4)ccc3[N+](=O)[O-])c(=O)c2c1. The van der Waals surface area contributed by atoms with Gasteiger partial charge in [-0.2, -0.15) is 5.26 Å². The molecule has 0 radical (unpaired) electrons. The van der Waals surface area contributed by atoms with E-state index in [1.54, 1.807) is 30.3 Å². The lowest BCUT2D eigenvalue weighted by molar-refractivity contribution is -0.385. The Morgan fingerprint density at radius 2 is 2.03 bits per heavy atom. The third-order valence-electron chi connectivity index (χ3n) is 5.27. The second-order valence-electron chi connectivity index (χ2n) is 7.11. The predicted octanol–water partition coefficient (Wildman–Crippen LogP) is 3.61. The maximum absolute atomic E-state index is 13.0. The van der Waals surface area contributed by atoms with E-state index in [0.717, 1.165) is 5.69 Å². The Morgan fingerprint density at radius 3 is 2.72 bits per heavy atom. The third kappa shape index (κ3) is 4.04. The van der Waals surface area contributed by atoms with Crippen molar-refractivity contribution in [3.63, 3.8) is 0 Å². The highest BCUT2D eigenvalue weighted by Crippen LogP contribution is 2.32. The number of nitrogens with zero attached hydrogens (tertiary/aromatic N) is 3. The molecule has 0 spiro atoms. The van der Waals surface area contributed by atoms with E-state index >= 15 is 0 Å². The van der Waals surface area contributed by atoms with E-state index in [4.69, 9.17) is 13.9 Å². The molecule has 162 valence electrons. The molecule has 0 saturated carbocycles. The van der Waals surface area contributed by atoms with Crippen molar-refractivity contribution in [3.8, 4) is 11.8 Å². The minimum Gasteiger partial charge on any atom is -0.497 e. The number of hydrogen-bond donors (Lipinski definition) is 0. The molecule has 1 fully saturated rings. The molecular weight excluding hydrogens is 414 g/mol. The van der Waals surface area contributed by atoms with Gasteiger partial charge in [-0.25, -0.2) is 0 Å². The first-order valence-corrected chi connectivity index (χ1v) is 9.84. The molecular formula is C23H19N3O6. The second-order valence-corrected chi connectivity index (χ2v) is 7.11. The van der Waals surface area contributed by atoms with Gasteiger partial charge in [0.2, 0.25) is 0 Å². The molecule has 0 unspecified atom stereocenters. The summed E-state index contributed by atoms with van der Waals surface area (Å²) in [4.78, 5) is 26.1. The summed E-state index contributed by atoms with van der Waals surface area (Å²) in [6, 6.07) is 11.5. The number of morpholine rings is 1. The average molecular weight is 433 g/mol. The Hall–Kier alpha value is -4.16. The molecule has 9 heteroatoms. The highest BCUT2D eigenvalue weighted by molar-refractivity contribution is 5.94. The van der Waals surface area contributed by atoms with Crippen LogP contribution in [0.15, 0.2) is 51.9 Å². The molecule has 3 aromatic rings. The van der Waals surface area contributed by atoms with Crippen molar-refractivity contribution >= 4 is 34.0 Å². The summed E-state index contributed by atoms with van der Waals surface area (Å²) in [6.07, 6.45) is 2.56. The summed E-state index contributed by atoms with van der Waals surface area (Å²) < 4.78 is 16.1. The zero-order valence-electron chi connectivity index (χ0n) is 17.2. The molecule has 0 aliphatic carbocycles. The number of ether oxygens (including phenoxy) is 2. The van der Waals surface area contributed by atoms with E-state index in [-0.39, 0.29) is 33.2 Å². The van der Waals surface area contributed by atoms with Crippen LogP contribution in [-0.2, 0) is 4.74 Å². The summed E-state index contributed by atoms with van der Waals surface area (Å²) in [5, 5.41) is 21.7. The number of anilines is 1. The van der Waals surface area contributed by atoms with Crippen LogP contribution >= 0.6 is 0 Å². The fourth-order valence-corrected chi connectivity index (χ4v) is 3.59. The zero-order chi connectivity index (χ0) is 22.7. The van der Waals surface area contributed by atoms with Crippen molar-refractivity contribution in [1.29, 1.82) is 5.26 Å². The molecule has 4 rings (SSSR count). The van der Waals surface area contributed by atoms with E-state index in [9.17, 15) is 20.2 Å². The van der Waals surface area contributed by atoms with Crippen LogP contribution < -0.4 is 15.1 Å².